The summed E-state index contributed by atoms with van der Waals surface area (Å²) in [5.74, 6) is -0.188. The normalized spacial score (nSPS) is 13.4. The Bertz CT molecular complexity index is 649. The van der Waals surface area contributed by atoms with E-state index in [0.29, 0.717) is 5.76 Å². The van der Waals surface area contributed by atoms with Crippen LogP contribution in [0.25, 0.3) is 0 Å². The zero-order chi connectivity index (χ0) is 15.5. The summed E-state index contributed by atoms with van der Waals surface area (Å²) in [6.07, 6.45) is 1.42. The fourth-order valence-electron chi connectivity index (χ4n) is 1.79. The molecule has 0 saturated carbocycles. The molecule has 0 saturated heterocycles. The van der Waals surface area contributed by atoms with Crippen LogP contribution >= 0.6 is 0 Å². The monoisotopic (exact) mass is 290 g/mol. The fraction of sp³-hybridized carbons (Fsp3) is 0.214. The molecule has 0 aliphatic rings. The zero-order valence-corrected chi connectivity index (χ0v) is 11.3. The van der Waals surface area contributed by atoms with E-state index in [0.717, 1.165) is 0 Å². The van der Waals surface area contributed by atoms with Crippen LogP contribution in [0.5, 0.6) is 0 Å². The van der Waals surface area contributed by atoms with E-state index in [1.54, 1.807) is 12.1 Å². The molecule has 7 nitrogen and oxygen atoms in total. The summed E-state index contributed by atoms with van der Waals surface area (Å²) < 4.78 is 5.10. The van der Waals surface area contributed by atoms with Gasteiger partial charge in [0.25, 0.3) is 11.6 Å². The number of nitrogens with one attached hydrogen (secondary N) is 1. The van der Waals surface area contributed by atoms with Gasteiger partial charge >= 0.3 is 0 Å². The molecule has 1 amide bonds. The molecule has 0 radical (unpaired) electrons. The Labute approximate surface area is 120 Å². The predicted molar refractivity (Wildman–Crippen MR) is 73.7 cm³/mol. The van der Waals surface area contributed by atoms with E-state index < -0.39 is 16.4 Å². The molecule has 110 valence electrons. The number of carbonyl (C=O) groups is 1. The van der Waals surface area contributed by atoms with Gasteiger partial charge in [-0.05, 0) is 25.1 Å². The van der Waals surface area contributed by atoms with Crippen molar-refractivity contribution in [2.75, 3.05) is 6.54 Å². The van der Waals surface area contributed by atoms with Crippen molar-refractivity contribution >= 4 is 11.6 Å². The maximum Gasteiger partial charge on any atom is 0.270 e. The summed E-state index contributed by atoms with van der Waals surface area (Å²) in [6.45, 7) is 1.42. The number of rotatable bonds is 5. The molecule has 2 N–H and O–H groups in total. The Morgan fingerprint density at radius 1 is 1.43 bits per heavy atom. The highest BCUT2D eigenvalue weighted by Crippen LogP contribution is 2.20. The van der Waals surface area contributed by atoms with Gasteiger partial charge in [-0.1, -0.05) is 6.07 Å². The van der Waals surface area contributed by atoms with Crippen molar-refractivity contribution in [2.24, 2.45) is 0 Å². The second kappa shape index (κ2) is 5.76. The highest BCUT2D eigenvalue weighted by Gasteiger charge is 2.27. The van der Waals surface area contributed by atoms with Gasteiger partial charge in [0.05, 0.1) is 17.7 Å². The van der Waals surface area contributed by atoms with E-state index in [9.17, 15) is 20.0 Å². The largest absolute Gasteiger partial charge is 0.466 e. The van der Waals surface area contributed by atoms with E-state index >= 15 is 0 Å². The molecule has 0 spiro atoms. The van der Waals surface area contributed by atoms with Gasteiger partial charge in [-0.15, -0.1) is 0 Å². The molecule has 7 heteroatoms. The second-order valence-corrected chi connectivity index (χ2v) is 4.74. The number of non-ortho nitro benzene ring substituents is 1. The van der Waals surface area contributed by atoms with Crippen molar-refractivity contribution in [1.29, 1.82) is 0 Å². The molecule has 0 bridgehead atoms. The van der Waals surface area contributed by atoms with Crippen molar-refractivity contribution < 1.29 is 19.2 Å². The standard InChI is InChI=1S/C14H14N2O5/c1-14(18,12-6-3-7-21-12)9-15-13(17)10-4-2-5-11(8-10)16(19)20/h2-8,18H,9H2,1H3,(H,15,17). The minimum absolute atomic E-state index is 0.0813. The summed E-state index contributed by atoms with van der Waals surface area (Å²) in [5, 5.41) is 23.4. The van der Waals surface area contributed by atoms with Crippen LogP contribution in [0.2, 0.25) is 0 Å². The topological polar surface area (TPSA) is 106 Å². The van der Waals surface area contributed by atoms with Crippen LogP contribution in [0.15, 0.2) is 47.1 Å². The number of aliphatic hydroxyl groups is 1. The first-order valence-electron chi connectivity index (χ1n) is 6.19. The van der Waals surface area contributed by atoms with Gasteiger partial charge in [-0.3, -0.25) is 14.9 Å². The molecule has 0 aliphatic heterocycles. The third-order valence-electron chi connectivity index (χ3n) is 2.96. The van der Waals surface area contributed by atoms with Crippen LogP contribution in [0.1, 0.15) is 23.0 Å². The van der Waals surface area contributed by atoms with Crippen molar-refractivity contribution in [2.45, 2.75) is 12.5 Å². The number of benzene rings is 1. The minimum atomic E-state index is -1.36. The van der Waals surface area contributed by atoms with Gasteiger partial charge in [0.1, 0.15) is 11.4 Å². The number of carbonyl (C=O) groups excluding carboxylic acids is 1. The average molecular weight is 290 g/mol. The maximum absolute atomic E-state index is 12.0. The van der Waals surface area contributed by atoms with Crippen LogP contribution < -0.4 is 5.32 Å². The molecule has 1 atom stereocenters. The molecule has 21 heavy (non-hydrogen) atoms. The lowest BCUT2D eigenvalue weighted by molar-refractivity contribution is -0.384. The third kappa shape index (κ3) is 3.46. The summed E-state index contributed by atoms with van der Waals surface area (Å²) in [4.78, 5) is 22.1. The Balaban J connectivity index is 2.05. The lowest BCUT2D eigenvalue weighted by Gasteiger charge is -2.21. The first-order valence-corrected chi connectivity index (χ1v) is 6.19. The Morgan fingerprint density at radius 2 is 2.19 bits per heavy atom. The van der Waals surface area contributed by atoms with Crippen molar-refractivity contribution in [1.82, 2.24) is 5.32 Å². The fourth-order valence-corrected chi connectivity index (χ4v) is 1.79. The zero-order valence-electron chi connectivity index (χ0n) is 11.3. The van der Waals surface area contributed by atoms with Gasteiger partial charge in [0, 0.05) is 17.7 Å². The quantitative estimate of drug-likeness (QED) is 0.645. The molecule has 1 aromatic heterocycles. The van der Waals surface area contributed by atoms with Crippen LogP contribution in [0.4, 0.5) is 5.69 Å². The molecule has 1 unspecified atom stereocenters. The lowest BCUT2D eigenvalue weighted by Crippen LogP contribution is -2.38. The number of hydrogen-bond acceptors (Lipinski definition) is 5. The number of hydrogen-bond donors (Lipinski definition) is 2. The Morgan fingerprint density at radius 3 is 2.81 bits per heavy atom. The predicted octanol–water partition coefficient (Wildman–Crippen LogP) is 1.83. The van der Waals surface area contributed by atoms with Crippen LogP contribution in [-0.2, 0) is 5.60 Å². The highest BCUT2D eigenvalue weighted by atomic mass is 16.6. The molecule has 0 fully saturated rings. The van der Waals surface area contributed by atoms with Gasteiger partial charge in [-0.25, -0.2) is 0 Å². The van der Waals surface area contributed by atoms with Gasteiger partial charge in [-0.2, -0.15) is 0 Å². The van der Waals surface area contributed by atoms with E-state index in [1.165, 1.54) is 37.5 Å². The van der Waals surface area contributed by atoms with Crippen LogP contribution in [0.3, 0.4) is 0 Å². The Kier molecular flexibility index (Phi) is 4.04. The minimum Gasteiger partial charge on any atom is -0.466 e. The maximum atomic E-state index is 12.0. The lowest BCUT2D eigenvalue weighted by atomic mass is 10.0. The van der Waals surface area contributed by atoms with E-state index in [-0.39, 0.29) is 17.8 Å². The molecule has 2 rings (SSSR count). The van der Waals surface area contributed by atoms with E-state index in [2.05, 4.69) is 5.32 Å². The van der Waals surface area contributed by atoms with E-state index in [4.69, 9.17) is 4.42 Å². The molecule has 1 aromatic carbocycles. The second-order valence-electron chi connectivity index (χ2n) is 4.74. The summed E-state index contributed by atoms with van der Waals surface area (Å²) >= 11 is 0. The molecular weight excluding hydrogens is 276 g/mol. The molecule has 1 heterocycles. The number of furan rings is 1. The van der Waals surface area contributed by atoms with Crippen molar-refractivity contribution in [3.05, 3.63) is 64.1 Å². The smallest absolute Gasteiger partial charge is 0.270 e. The van der Waals surface area contributed by atoms with Gasteiger partial charge in [0.2, 0.25) is 0 Å². The summed E-state index contributed by atoms with van der Waals surface area (Å²) in [7, 11) is 0. The Hall–Kier alpha value is -2.67. The van der Waals surface area contributed by atoms with Crippen molar-refractivity contribution in [3.8, 4) is 0 Å². The average Bonchev–Trinajstić information content (AvgIpc) is 3.00. The number of nitro groups is 1. The number of nitro benzene ring substituents is 1. The summed E-state index contributed by atoms with van der Waals surface area (Å²) in [5.41, 5.74) is -1.38. The molecule has 0 aliphatic carbocycles. The SMILES string of the molecule is CC(O)(CNC(=O)c1cccc([N+](=O)[O-])c1)c1ccco1. The molecule has 2 aromatic rings. The van der Waals surface area contributed by atoms with Gasteiger partial charge in [0.15, 0.2) is 0 Å². The summed E-state index contributed by atoms with van der Waals surface area (Å²) in [6, 6.07) is 8.60. The first-order chi connectivity index (χ1) is 9.90. The number of nitrogens with zero attached hydrogens (tertiary/aromatic N) is 1. The highest BCUT2D eigenvalue weighted by molar-refractivity contribution is 5.94. The van der Waals surface area contributed by atoms with E-state index in [1.807, 2.05) is 0 Å². The molecular formula is C14H14N2O5. The number of amides is 1. The first kappa shape index (κ1) is 14.7. The van der Waals surface area contributed by atoms with Gasteiger partial charge < -0.3 is 14.8 Å². The van der Waals surface area contributed by atoms with Crippen LogP contribution in [-0.4, -0.2) is 22.5 Å². The van der Waals surface area contributed by atoms with Crippen LogP contribution in [0, 0.1) is 10.1 Å². The third-order valence-corrected chi connectivity index (χ3v) is 2.96. The van der Waals surface area contributed by atoms with Crippen molar-refractivity contribution in [3.63, 3.8) is 0 Å².